The molecule has 1 aromatic carbocycles. The van der Waals surface area contributed by atoms with E-state index < -0.39 is 10.8 Å². The Labute approximate surface area is 110 Å². The van der Waals surface area contributed by atoms with Crippen LogP contribution in [0.1, 0.15) is 32.1 Å². The lowest BCUT2D eigenvalue weighted by Crippen LogP contribution is -2.22. The highest BCUT2D eigenvalue weighted by atomic mass is 32.2. The first-order valence-corrected chi connectivity index (χ1v) is 7.61. The largest absolute Gasteiger partial charge is 0.459 e. The lowest BCUT2D eigenvalue weighted by molar-refractivity contribution is 0.513. The Kier molecular flexibility index (Phi) is 4.19. The molecule has 0 saturated heterocycles. The number of para-hydroxylation sites is 1. The molecule has 0 radical (unpaired) electrons. The van der Waals surface area contributed by atoms with Crippen LogP contribution >= 0.6 is 0 Å². The van der Waals surface area contributed by atoms with Crippen molar-refractivity contribution in [2.75, 3.05) is 5.75 Å². The second-order valence-corrected chi connectivity index (χ2v) is 6.46. The van der Waals surface area contributed by atoms with Gasteiger partial charge in [0.25, 0.3) is 0 Å². The quantitative estimate of drug-likeness (QED) is 0.904. The molecule has 3 unspecified atom stereocenters. The first kappa shape index (κ1) is 13.3. The third kappa shape index (κ3) is 2.82. The van der Waals surface area contributed by atoms with E-state index in [9.17, 15) is 4.21 Å². The van der Waals surface area contributed by atoms with Gasteiger partial charge in [-0.3, -0.25) is 4.21 Å². The third-order valence-corrected chi connectivity index (χ3v) is 5.10. The molecule has 18 heavy (non-hydrogen) atoms. The molecule has 0 spiro atoms. The van der Waals surface area contributed by atoms with Crippen LogP contribution in [0.2, 0.25) is 0 Å². The third-order valence-electron chi connectivity index (χ3n) is 3.18. The van der Waals surface area contributed by atoms with E-state index in [1.54, 1.807) is 0 Å². The van der Waals surface area contributed by atoms with E-state index in [2.05, 4.69) is 0 Å². The van der Waals surface area contributed by atoms with Crippen LogP contribution in [-0.4, -0.2) is 15.2 Å². The zero-order valence-electron chi connectivity index (χ0n) is 10.8. The molecule has 1 aromatic heterocycles. The van der Waals surface area contributed by atoms with Gasteiger partial charge in [0.15, 0.2) is 0 Å². The van der Waals surface area contributed by atoms with E-state index in [4.69, 9.17) is 10.2 Å². The van der Waals surface area contributed by atoms with Crippen molar-refractivity contribution < 1.29 is 8.63 Å². The van der Waals surface area contributed by atoms with Crippen LogP contribution in [-0.2, 0) is 10.8 Å². The van der Waals surface area contributed by atoms with Crippen molar-refractivity contribution in [3.8, 4) is 0 Å². The minimum Gasteiger partial charge on any atom is -0.459 e. The second-order valence-electron chi connectivity index (χ2n) is 4.56. The molecule has 0 aliphatic carbocycles. The van der Waals surface area contributed by atoms with Crippen LogP contribution in [0.5, 0.6) is 0 Å². The van der Waals surface area contributed by atoms with Crippen molar-refractivity contribution in [1.29, 1.82) is 0 Å². The van der Waals surface area contributed by atoms with Crippen LogP contribution in [0.3, 0.4) is 0 Å². The lowest BCUT2D eigenvalue weighted by Gasteiger charge is -2.12. The standard InChI is InChI=1S/C14H19NO2S/c1-3-10(2)18(16)9-12(15)14-8-11-6-4-5-7-13(11)17-14/h4-8,10,12H,3,9,15H2,1-2H3. The van der Waals surface area contributed by atoms with Gasteiger partial charge in [0.1, 0.15) is 11.3 Å². The maximum atomic E-state index is 12.0. The summed E-state index contributed by atoms with van der Waals surface area (Å²) in [7, 11) is -0.902. The molecule has 1 heterocycles. The van der Waals surface area contributed by atoms with Gasteiger partial charge in [-0.1, -0.05) is 32.0 Å². The highest BCUT2D eigenvalue weighted by molar-refractivity contribution is 7.85. The fraction of sp³-hybridized carbons (Fsp3) is 0.429. The van der Waals surface area contributed by atoms with Crippen molar-refractivity contribution >= 4 is 21.8 Å². The highest BCUT2D eigenvalue weighted by Gasteiger charge is 2.17. The van der Waals surface area contributed by atoms with Crippen molar-refractivity contribution in [3.05, 3.63) is 36.1 Å². The van der Waals surface area contributed by atoms with Crippen molar-refractivity contribution in [2.45, 2.75) is 31.6 Å². The summed E-state index contributed by atoms with van der Waals surface area (Å²) < 4.78 is 17.6. The van der Waals surface area contributed by atoms with Gasteiger partial charge in [0.2, 0.25) is 0 Å². The van der Waals surface area contributed by atoms with Crippen molar-refractivity contribution in [1.82, 2.24) is 0 Å². The van der Waals surface area contributed by atoms with Gasteiger partial charge in [-0.15, -0.1) is 0 Å². The summed E-state index contributed by atoms with van der Waals surface area (Å²) in [5.41, 5.74) is 6.90. The summed E-state index contributed by atoms with van der Waals surface area (Å²) >= 11 is 0. The maximum Gasteiger partial charge on any atom is 0.134 e. The first-order valence-electron chi connectivity index (χ1n) is 6.23. The van der Waals surface area contributed by atoms with Crippen molar-refractivity contribution in [2.24, 2.45) is 5.73 Å². The van der Waals surface area contributed by atoms with Gasteiger partial charge in [-0.05, 0) is 18.6 Å². The zero-order valence-corrected chi connectivity index (χ0v) is 11.6. The average molecular weight is 265 g/mol. The van der Waals surface area contributed by atoms with E-state index in [0.29, 0.717) is 11.5 Å². The number of hydrogen-bond acceptors (Lipinski definition) is 3. The van der Waals surface area contributed by atoms with E-state index in [-0.39, 0.29) is 11.3 Å². The smallest absolute Gasteiger partial charge is 0.134 e. The lowest BCUT2D eigenvalue weighted by atomic mass is 10.2. The Hall–Kier alpha value is -1.13. The second kappa shape index (κ2) is 5.67. The normalized spacial score (nSPS) is 16.6. The molecule has 0 aliphatic heterocycles. The van der Waals surface area contributed by atoms with Crippen molar-refractivity contribution in [3.63, 3.8) is 0 Å². The van der Waals surface area contributed by atoms with Gasteiger partial charge in [0.05, 0.1) is 6.04 Å². The van der Waals surface area contributed by atoms with Gasteiger partial charge in [0, 0.05) is 27.2 Å². The van der Waals surface area contributed by atoms with Gasteiger partial charge < -0.3 is 10.2 Å². The Morgan fingerprint density at radius 1 is 1.39 bits per heavy atom. The first-order chi connectivity index (χ1) is 8.61. The maximum absolute atomic E-state index is 12.0. The Balaban J connectivity index is 2.13. The van der Waals surface area contributed by atoms with Gasteiger partial charge in [-0.2, -0.15) is 0 Å². The molecular formula is C14H19NO2S. The Morgan fingerprint density at radius 3 is 2.78 bits per heavy atom. The highest BCUT2D eigenvalue weighted by Crippen LogP contribution is 2.23. The molecule has 0 bridgehead atoms. The number of furan rings is 1. The predicted molar refractivity (Wildman–Crippen MR) is 75.9 cm³/mol. The number of fused-ring (bicyclic) bond motifs is 1. The SMILES string of the molecule is CCC(C)S(=O)CC(N)c1cc2ccccc2o1. The number of nitrogens with two attached hydrogens (primary N) is 1. The molecule has 0 fully saturated rings. The molecule has 2 aromatic rings. The van der Waals surface area contributed by atoms with Crippen LogP contribution < -0.4 is 5.73 Å². The van der Waals surface area contributed by atoms with E-state index >= 15 is 0 Å². The van der Waals surface area contributed by atoms with Gasteiger partial charge in [-0.25, -0.2) is 0 Å². The van der Waals surface area contributed by atoms with Crippen LogP contribution in [0, 0.1) is 0 Å². The van der Waals surface area contributed by atoms with Crippen LogP contribution in [0.15, 0.2) is 34.7 Å². The molecule has 3 atom stereocenters. The summed E-state index contributed by atoms with van der Waals surface area (Å²) in [6, 6.07) is 9.43. The van der Waals surface area contributed by atoms with Gasteiger partial charge >= 0.3 is 0 Å². The molecule has 0 amide bonds. The molecule has 4 heteroatoms. The zero-order chi connectivity index (χ0) is 13.1. The summed E-state index contributed by atoms with van der Waals surface area (Å²) in [6.45, 7) is 4.02. The van der Waals surface area contributed by atoms with Crippen LogP contribution in [0.4, 0.5) is 0 Å². The monoisotopic (exact) mass is 265 g/mol. The summed E-state index contributed by atoms with van der Waals surface area (Å²) in [6.07, 6.45) is 0.902. The topological polar surface area (TPSA) is 56.2 Å². The molecule has 2 N–H and O–H groups in total. The molecule has 0 aliphatic rings. The van der Waals surface area contributed by atoms with Crippen LogP contribution in [0.25, 0.3) is 11.0 Å². The molecule has 98 valence electrons. The molecular weight excluding hydrogens is 246 g/mol. The number of rotatable bonds is 5. The summed E-state index contributed by atoms with van der Waals surface area (Å²) in [5, 5.41) is 1.22. The minimum atomic E-state index is -0.902. The summed E-state index contributed by atoms with van der Waals surface area (Å²) in [4.78, 5) is 0. The van der Waals surface area contributed by atoms with E-state index in [1.807, 2.05) is 44.2 Å². The summed E-state index contributed by atoms with van der Waals surface area (Å²) in [5.74, 6) is 1.17. The fourth-order valence-corrected chi connectivity index (χ4v) is 3.01. The molecule has 0 saturated carbocycles. The minimum absolute atomic E-state index is 0.181. The van der Waals surface area contributed by atoms with E-state index in [1.165, 1.54) is 0 Å². The number of hydrogen-bond donors (Lipinski definition) is 1. The Morgan fingerprint density at radius 2 is 2.11 bits per heavy atom. The fourth-order valence-electron chi connectivity index (χ4n) is 1.79. The van der Waals surface area contributed by atoms with E-state index in [0.717, 1.165) is 17.4 Å². The predicted octanol–water partition coefficient (Wildman–Crippen LogP) is 2.98. The molecule has 2 rings (SSSR count). The Bertz CT molecular complexity index is 516. The average Bonchev–Trinajstić information content (AvgIpc) is 2.81. The molecule has 3 nitrogen and oxygen atoms in total. The number of benzene rings is 1.